The topological polar surface area (TPSA) is 140 Å². The molecule has 0 atom stereocenters. The quantitative estimate of drug-likeness (QED) is 0.306. The molecule has 1 amide bonds. The molecule has 5 heterocycles. The minimum absolute atomic E-state index is 0.0556. The fourth-order valence-electron chi connectivity index (χ4n) is 5.24. The molecule has 0 bridgehead atoms. The lowest BCUT2D eigenvalue weighted by atomic mass is 9.92. The first kappa shape index (κ1) is 30.0. The van der Waals surface area contributed by atoms with Crippen molar-refractivity contribution in [1.29, 1.82) is 0 Å². The van der Waals surface area contributed by atoms with Gasteiger partial charge in [-0.2, -0.15) is 0 Å². The van der Waals surface area contributed by atoms with Crippen LogP contribution in [0.1, 0.15) is 58.1 Å². The van der Waals surface area contributed by atoms with Crippen molar-refractivity contribution in [2.75, 3.05) is 50.1 Å². The van der Waals surface area contributed by atoms with Gasteiger partial charge in [0.2, 0.25) is 5.91 Å². The average Bonchev–Trinajstić information content (AvgIpc) is 3.39. The SMILES string of the molecule is CC(C)=C/C(=C\C(=C/N)c1cc2c(cn1)NCN=C2c1nc2c(N3CCN(C)CC3)cncc2[nH]1)NC(=O)CC(C)(C)C. The number of piperazine rings is 1. The Balaban J connectivity index is 1.48. The highest BCUT2D eigenvalue weighted by Gasteiger charge is 2.24. The number of anilines is 2. The third kappa shape index (κ3) is 7.11. The van der Waals surface area contributed by atoms with Gasteiger partial charge in [0.25, 0.3) is 0 Å². The van der Waals surface area contributed by atoms with Crippen LogP contribution in [0, 0.1) is 5.41 Å². The highest BCUT2D eigenvalue weighted by molar-refractivity contribution is 6.16. The van der Waals surface area contributed by atoms with Gasteiger partial charge in [-0.3, -0.25) is 19.8 Å². The molecule has 2 aliphatic heterocycles. The van der Waals surface area contributed by atoms with Crippen molar-refractivity contribution >= 4 is 39.6 Å². The Labute approximate surface area is 253 Å². The molecule has 5 rings (SSSR count). The molecule has 43 heavy (non-hydrogen) atoms. The molecule has 0 spiro atoms. The van der Waals surface area contributed by atoms with Crippen LogP contribution in [0.3, 0.4) is 0 Å². The van der Waals surface area contributed by atoms with Gasteiger partial charge < -0.3 is 31.2 Å². The lowest BCUT2D eigenvalue weighted by Crippen LogP contribution is -2.44. The lowest BCUT2D eigenvalue weighted by Gasteiger charge is -2.33. The van der Waals surface area contributed by atoms with Crippen molar-refractivity contribution in [3.8, 4) is 0 Å². The molecular formula is C32H42N10O. The summed E-state index contributed by atoms with van der Waals surface area (Å²) in [4.78, 5) is 39.9. The van der Waals surface area contributed by atoms with Crippen LogP contribution in [0.2, 0.25) is 0 Å². The summed E-state index contributed by atoms with van der Waals surface area (Å²) in [6.07, 6.45) is 11.2. The van der Waals surface area contributed by atoms with Gasteiger partial charge in [-0.05, 0) is 44.5 Å². The number of rotatable bonds is 7. The molecule has 1 fully saturated rings. The highest BCUT2D eigenvalue weighted by atomic mass is 16.1. The molecule has 0 unspecified atom stereocenters. The number of imidazole rings is 1. The number of hydrogen-bond acceptors (Lipinski definition) is 9. The number of H-pyrrole nitrogens is 1. The summed E-state index contributed by atoms with van der Waals surface area (Å²) in [7, 11) is 2.14. The summed E-state index contributed by atoms with van der Waals surface area (Å²) >= 11 is 0. The minimum atomic E-state index is -0.131. The molecule has 2 aliphatic rings. The number of hydrogen-bond donors (Lipinski definition) is 4. The molecule has 0 aromatic carbocycles. The highest BCUT2D eigenvalue weighted by Crippen LogP contribution is 2.29. The predicted molar refractivity (Wildman–Crippen MR) is 174 cm³/mol. The Kier molecular flexibility index (Phi) is 8.63. The first-order chi connectivity index (χ1) is 20.5. The number of likely N-dealkylation sites (N-methyl/N-ethyl adjacent to an activating group) is 1. The van der Waals surface area contributed by atoms with Crippen molar-refractivity contribution in [3.05, 3.63) is 71.4 Å². The Hall–Kier alpha value is -4.51. The van der Waals surface area contributed by atoms with E-state index in [0.717, 1.165) is 65.4 Å². The fourth-order valence-corrected chi connectivity index (χ4v) is 5.24. The molecule has 0 radical (unpaired) electrons. The number of pyridine rings is 2. The molecule has 5 N–H and O–H groups in total. The van der Waals surface area contributed by atoms with Gasteiger partial charge in [-0.25, -0.2) is 4.98 Å². The number of carbonyl (C=O) groups excluding carboxylic acids is 1. The maximum atomic E-state index is 12.8. The molecule has 0 aliphatic carbocycles. The summed E-state index contributed by atoms with van der Waals surface area (Å²) < 4.78 is 0. The second-order valence-electron chi connectivity index (χ2n) is 12.6. The number of nitrogens with two attached hydrogens (primary N) is 1. The smallest absolute Gasteiger partial charge is 0.224 e. The van der Waals surface area contributed by atoms with Crippen LogP contribution in [0.25, 0.3) is 16.6 Å². The average molecular weight is 583 g/mol. The number of amides is 1. The van der Waals surface area contributed by atoms with Gasteiger partial charge in [-0.1, -0.05) is 26.3 Å². The Morgan fingerprint density at radius 1 is 1.12 bits per heavy atom. The van der Waals surface area contributed by atoms with E-state index in [4.69, 9.17) is 20.7 Å². The summed E-state index contributed by atoms with van der Waals surface area (Å²) in [5.41, 5.74) is 14.2. The minimum Gasteiger partial charge on any atom is -0.404 e. The lowest BCUT2D eigenvalue weighted by molar-refractivity contribution is -0.122. The third-order valence-corrected chi connectivity index (χ3v) is 7.31. The van der Waals surface area contributed by atoms with Gasteiger partial charge in [0, 0.05) is 55.6 Å². The van der Waals surface area contributed by atoms with Gasteiger partial charge in [0.1, 0.15) is 17.9 Å². The van der Waals surface area contributed by atoms with Crippen LogP contribution in [0.5, 0.6) is 0 Å². The fraction of sp³-hybridized carbons (Fsp3) is 0.406. The van der Waals surface area contributed by atoms with E-state index < -0.39 is 0 Å². The number of aromatic amines is 1. The largest absolute Gasteiger partial charge is 0.404 e. The molecule has 11 heteroatoms. The third-order valence-electron chi connectivity index (χ3n) is 7.31. The van der Waals surface area contributed by atoms with Gasteiger partial charge in [0.05, 0.1) is 41.2 Å². The molecular weight excluding hydrogens is 540 g/mol. The predicted octanol–water partition coefficient (Wildman–Crippen LogP) is 4.03. The van der Waals surface area contributed by atoms with Crippen LogP contribution >= 0.6 is 0 Å². The summed E-state index contributed by atoms with van der Waals surface area (Å²) in [5.74, 6) is 0.617. The van der Waals surface area contributed by atoms with E-state index in [1.165, 1.54) is 6.20 Å². The molecule has 226 valence electrons. The van der Waals surface area contributed by atoms with Crippen LogP contribution in [-0.4, -0.2) is 76.4 Å². The molecule has 11 nitrogen and oxygen atoms in total. The molecule has 1 saturated heterocycles. The van der Waals surface area contributed by atoms with E-state index in [2.05, 4.69) is 37.4 Å². The second-order valence-corrected chi connectivity index (χ2v) is 12.6. The van der Waals surface area contributed by atoms with Crippen LogP contribution in [0.15, 0.2) is 59.3 Å². The van der Waals surface area contributed by atoms with E-state index in [0.29, 0.717) is 35.9 Å². The number of nitrogens with one attached hydrogen (secondary N) is 3. The number of carbonyl (C=O) groups is 1. The zero-order chi connectivity index (χ0) is 30.7. The summed E-state index contributed by atoms with van der Waals surface area (Å²) in [6, 6.07) is 1.96. The van der Waals surface area contributed by atoms with Gasteiger partial charge >= 0.3 is 0 Å². The number of allylic oxidation sites excluding steroid dienone is 4. The van der Waals surface area contributed by atoms with Crippen molar-refractivity contribution in [2.24, 2.45) is 16.1 Å². The summed E-state index contributed by atoms with van der Waals surface area (Å²) in [6.45, 7) is 14.3. The maximum absolute atomic E-state index is 12.8. The van der Waals surface area contributed by atoms with E-state index in [1.54, 1.807) is 6.20 Å². The Bertz CT molecular complexity index is 1630. The monoisotopic (exact) mass is 582 g/mol. The first-order valence-corrected chi connectivity index (χ1v) is 14.7. The van der Waals surface area contributed by atoms with Crippen molar-refractivity contribution in [1.82, 2.24) is 30.2 Å². The standard InChI is InChI=1S/C32H42N10O/c1-20(2)11-22(38-28(43)14-32(3,4)5)12-21(15-33)24-13-23-25(17-35-24)36-19-37-29(23)31-39-26-16-34-18-27(30(26)40-31)42-9-7-41(6)8-10-42/h11-13,15-18,36H,7-10,14,19,33H2,1-6H3,(H,38,43)(H,39,40)/b21-15+,22-12+. The Morgan fingerprint density at radius 2 is 1.88 bits per heavy atom. The normalized spacial score (nSPS) is 16.4. The van der Waals surface area contributed by atoms with Crippen molar-refractivity contribution < 1.29 is 4.79 Å². The Morgan fingerprint density at radius 3 is 2.58 bits per heavy atom. The second kappa shape index (κ2) is 12.4. The van der Waals surface area contributed by atoms with Crippen molar-refractivity contribution in [2.45, 2.75) is 41.0 Å². The maximum Gasteiger partial charge on any atom is 0.224 e. The first-order valence-electron chi connectivity index (χ1n) is 14.7. The zero-order valence-corrected chi connectivity index (χ0v) is 26.0. The number of aromatic nitrogens is 4. The molecule has 0 saturated carbocycles. The van der Waals surface area contributed by atoms with Gasteiger partial charge in [0.15, 0.2) is 5.82 Å². The summed E-state index contributed by atoms with van der Waals surface area (Å²) in [5, 5.41) is 6.36. The number of fused-ring (bicyclic) bond motifs is 2. The van der Waals surface area contributed by atoms with E-state index in [1.807, 2.05) is 65.2 Å². The van der Waals surface area contributed by atoms with Gasteiger partial charge in [-0.15, -0.1) is 0 Å². The number of nitrogens with zero attached hydrogens (tertiary/aromatic N) is 6. The van der Waals surface area contributed by atoms with E-state index in [-0.39, 0.29) is 11.3 Å². The van der Waals surface area contributed by atoms with E-state index >= 15 is 0 Å². The van der Waals surface area contributed by atoms with Crippen LogP contribution < -0.4 is 21.3 Å². The van der Waals surface area contributed by atoms with Crippen LogP contribution in [-0.2, 0) is 4.79 Å². The van der Waals surface area contributed by atoms with Crippen molar-refractivity contribution in [3.63, 3.8) is 0 Å². The number of aliphatic imine (C=N–C) groups is 1. The zero-order valence-electron chi connectivity index (χ0n) is 26.0. The van der Waals surface area contributed by atoms with Crippen LogP contribution in [0.4, 0.5) is 11.4 Å². The molecule has 3 aromatic rings. The molecule has 3 aromatic heterocycles. The van der Waals surface area contributed by atoms with E-state index in [9.17, 15) is 4.79 Å².